The molecular formula is C16H24N2. The average Bonchev–Trinajstić information content (AvgIpc) is 2.38. The molecule has 0 radical (unpaired) electrons. The molecule has 0 atom stereocenters. The number of aryl methyl sites for hydroxylation is 1. The zero-order valence-electron chi connectivity index (χ0n) is 12.0. The largest absolute Gasteiger partial charge is 0.333 e. The lowest BCUT2D eigenvalue weighted by Gasteiger charge is -2.20. The van der Waals surface area contributed by atoms with Crippen LogP contribution in [0.5, 0.6) is 0 Å². The molecule has 2 nitrogen and oxygen atoms in total. The van der Waals surface area contributed by atoms with Crippen molar-refractivity contribution in [3.05, 3.63) is 42.1 Å². The summed E-state index contributed by atoms with van der Waals surface area (Å²) in [6.07, 6.45) is 7.63. The summed E-state index contributed by atoms with van der Waals surface area (Å²) in [6.45, 7) is 6.36. The van der Waals surface area contributed by atoms with Gasteiger partial charge in [-0.1, -0.05) is 44.0 Å². The van der Waals surface area contributed by atoms with Gasteiger partial charge in [-0.2, -0.15) is 0 Å². The fourth-order valence-corrected chi connectivity index (χ4v) is 1.76. The molecule has 0 aliphatic rings. The van der Waals surface area contributed by atoms with Crippen molar-refractivity contribution >= 4 is 11.5 Å². The number of allylic oxidation sites excluding steroid dienone is 1. The van der Waals surface area contributed by atoms with Gasteiger partial charge in [0, 0.05) is 18.9 Å². The van der Waals surface area contributed by atoms with E-state index in [1.54, 1.807) is 0 Å². The highest BCUT2D eigenvalue weighted by atomic mass is 15.2. The Bertz CT molecular complexity index is 419. The summed E-state index contributed by atoms with van der Waals surface area (Å²) in [6, 6.07) is 8.36. The van der Waals surface area contributed by atoms with Crippen LogP contribution in [0.4, 0.5) is 5.69 Å². The molecule has 1 aromatic carbocycles. The van der Waals surface area contributed by atoms with E-state index >= 15 is 0 Å². The maximum atomic E-state index is 4.48. The van der Waals surface area contributed by atoms with Crippen molar-refractivity contribution in [3.63, 3.8) is 0 Å². The van der Waals surface area contributed by atoms with E-state index in [0.29, 0.717) is 0 Å². The van der Waals surface area contributed by atoms with E-state index in [9.17, 15) is 0 Å². The molecule has 0 N–H and O–H groups in total. The molecule has 0 heterocycles. The number of rotatable bonds is 5. The van der Waals surface area contributed by atoms with E-state index < -0.39 is 0 Å². The van der Waals surface area contributed by atoms with Gasteiger partial charge in [-0.3, -0.25) is 0 Å². The first-order valence-corrected chi connectivity index (χ1v) is 6.65. The molecule has 0 amide bonds. The molecule has 0 spiro atoms. The number of hydrogen-bond donors (Lipinski definition) is 0. The summed E-state index contributed by atoms with van der Waals surface area (Å²) in [5, 5.41) is 0. The number of nitrogens with zero attached hydrogens (tertiary/aromatic N) is 2. The summed E-state index contributed by atoms with van der Waals surface area (Å²) in [4.78, 5) is 6.60. The lowest BCUT2D eigenvalue weighted by atomic mass is 10.2. The smallest absolute Gasteiger partial charge is 0.105 e. The topological polar surface area (TPSA) is 15.6 Å². The second-order valence-electron chi connectivity index (χ2n) is 4.55. The Morgan fingerprint density at radius 1 is 1.33 bits per heavy atom. The fraction of sp³-hybridized carbons (Fsp3) is 0.438. The van der Waals surface area contributed by atoms with Crippen molar-refractivity contribution in [1.29, 1.82) is 0 Å². The van der Waals surface area contributed by atoms with Gasteiger partial charge in [-0.15, -0.1) is 0 Å². The molecule has 0 aliphatic carbocycles. The summed E-state index contributed by atoms with van der Waals surface area (Å²) in [5.74, 6) is 1.01. The monoisotopic (exact) mass is 244 g/mol. The number of anilines is 1. The predicted molar refractivity (Wildman–Crippen MR) is 81.4 cm³/mol. The van der Waals surface area contributed by atoms with E-state index in [1.165, 1.54) is 24.1 Å². The van der Waals surface area contributed by atoms with Crippen molar-refractivity contribution < 1.29 is 0 Å². The summed E-state index contributed by atoms with van der Waals surface area (Å²) < 4.78 is 0. The van der Waals surface area contributed by atoms with Crippen LogP contribution in [0.25, 0.3) is 0 Å². The minimum absolute atomic E-state index is 1.01. The van der Waals surface area contributed by atoms with Crippen LogP contribution in [-0.4, -0.2) is 12.9 Å². The van der Waals surface area contributed by atoms with Crippen LogP contribution >= 0.6 is 0 Å². The molecule has 0 bridgehead atoms. The molecule has 0 aromatic heterocycles. The molecule has 98 valence electrons. The minimum atomic E-state index is 1.01. The fourth-order valence-electron chi connectivity index (χ4n) is 1.76. The van der Waals surface area contributed by atoms with Crippen molar-refractivity contribution in [2.75, 3.05) is 11.9 Å². The molecule has 0 unspecified atom stereocenters. The van der Waals surface area contributed by atoms with Crippen LogP contribution in [-0.2, 0) is 0 Å². The van der Waals surface area contributed by atoms with Crippen molar-refractivity contribution in [2.45, 2.75) is 40.0 Å². The Kier molecular flexibility index (Phi) is 6.20. The van der Waals surface area contributed by atoms with Gasteiger partial charge in [-0.05, 0) is 31.9 Å². The molecular weight excluding hydrogens is 220 g/mol. The van der Waals surface area contributed by atoms with Gasteiger partial charge in [-0.25, -0.2) is 4.99 Å². The van der Waals surface area contributed by atoms with Gasteiger partial charge in [0.05, 0.1) is 0 Å². The van der Waals surface area contributed by atoms with E-state index in [2.05, 4.69) is 61.1 Å². The van der Waals surface area contributed by atoms with Gasteiger partial charge in [0.15, 0.2) is 0 Å². The third-order valence-electron chi connectivity index (χ3n) is 3.05. The van der Waals surface area contributed by atoms with Crippen LogP contribution in [0.1, 0.15) is 38.7 Å². The van der Waals surface area contributed by atoms with Gasteiger partial charge >= 0.3 is 0 Å². The number of benzene rings is 1. The van der Waals surface area contributed by atoms with Crippen molar-refractivity contribution in [1.82, 2.24) is 0 Å². The van der Waals surface area contributed by atoms with E-state index in [4.69, 9.17) is 0 Å². The Morgan fingerprint density at radius 3 is 2.72 bits per heavy atom. The number of hydrogen-bond acceptors (Lipinski definition) is 1. The van der Waals surface area contributed by atoms with Gasteiger partial charge < -0.3 is 4.90 Å². The van der Waals surface area contributed by atoms with Crippen LogP contribution in [0, 0.1) is 6.92 Å². The third-order valence-corrected chi connectivity index (χ3v) is 3.05. The first-order chi connectivity index (χ1) is 8.66. The molecule has 18 heavy (non-hydrogen) atoms. The number of para-hydroxylation sites is 1. The second-order valence-corrected chi connectivity index (χ2v) is 4.55. The standard InChI is InChI=1S/C16H24N2/c1-5-6-7-10-13-17-15(3)18(4)16-12-9-8-11-14(16)2/h8-13H,5-7H2,1-4H3/b13-10-,17-15+. The van der Waals surface area contributed by atoms with Crippen LogP contribution < -0.4 is 4.90 Å². The zero-order valence-corrected chi connectivity index (χ0v) is 12.0. The molecule has 0 saturated carbocycles. The van der Waals surface area contributed by atoms with Crippen LogP contribution in [0.2, 0.25) is 0 Å². The summed E-state index contributed by atoms with van der Waals surface area (Å²) in [7, 11) is 2.06. The highest BCUT2D eigenvalue weighted by Gasteiger charge is 2.05. The maximum Gasteiger partial charge on any atom is 0.105 e. The van der Waals surface area contributed by atoms with E-state index in [-0.39, 0.29) is 0 Å². The molecule has 1 rings (SSSR count). The Labute approximate surface area is 111 Å². The summed E-state index contributed by atoms with van der Waals surface area (Å²) >= 11 is 0. The van der Waals surface area contributed by atoms with Crippen molar-refractivity contribution in [3.8, 4) is 0 Å². The minimum Gasteiger partial charge on any atom is -0.333 e. The number of amidine groups is 1. The van der Waals surface area contributed by atoms with Crippen LogP contribution in [0.3, 0.4) is 0 Å². The lowest BCUT2D eigenvalue weighted by molar-refractivity contribution is 0.814. The highest BCUT2D eigenvalue weighted by Crippen LogP contribution is 2.18. The van der Waals surface area contributed by atoms with Gasteiger partial charge in [0.25, 0.3) is 0 Å². The normalized spacial score (nSPS) is 12.1. The first-order valence-electron chi connectivity index (χ1n) is 6.65. The van der Waals surface area contributed by atoms with Crippen LogP contribution in [0.15, 0.2) is 41.5 Å². The second kappa shape index (κ2) is 7.70. The van der Waals surface area contributed by atoms with E-state index in [0.717, 1.165) is 12.3 Å². The Hall–Kier alpha value is -1.57. The Balaban J connectivity index is 2.66. The quantitative estimate of drug-likeness (QED) is 0.421. The number of unbranched alkanes of at least 4 members (excludes halogenated alkanes) is 2. The van der Waals surface area contributed by atoms with Gasteiger partial charge in [0.2, 0.25) is 0 Å². The van der Waals surface area contributed by atoms with E-state index in [1.807, 2.05) is 13.1 Å². The molecule has 0 fully saturated rings. The third kappa shape index (κ3) is 4.36. The molecule has 2 heteroatoms. The SMILES string of the molecule is CCCC/C=C\N=C(/C)N(C)c1ccccc1C. The predicted octanol–water partition coefficient (Wildman–Crippen LogP) is 4.55. The zero-order chi connectivity index (χ0) is 13.4. The molecule has 0 aliphatic heterocycles. The lowest BCUT2D eigenvalue weighted by Crippen LogP contribution is -2.23. The molecule has 0 saturated heterocycles. The Morgan fingerprint density at radius 2 is 2.06 bits per heavy atom. The average molecular weight is 244 g/mol. The first kappa shape index (κ1) is 14.5. The summed E-state index contributed by atoms with van der Waals surface area (Å²) in [5.41, 5.74) is 2.48. The maximum absolute atomic E-state index is 4.48. The van der Waals surface area contributed by atoms with Crippen molar-refractivity contribution in [2.24, 2.45) is 4.99 Å². The highest BCUT2D eigenvalue weighted by molar-refractivity contribution is 5.96. The van der Waals surface area contributed by atoms with Gasteiger partial charge in [0.1, 0.15) is 5.84 Å². The molecule has 1 aromatic rings. The number of aliphatic imine (C=N–C) groups is 1.